The van der Waals surface area contributed by atoms with E-state index in [4.69, 9.17) is 4.74 Å². The molecule has 0 saturated heterocycles. The molecule has 19 heavy (non-hydrogen) atoms. The molecular formula is C13H14F4O2. The molecule has 1 atom stereocenters. The second-order valence-electron chi connectivity index (χ2n) is 4.41. The summed E-state index contributed by atoms with van der Waals surface area (Å²) in [4.78, 5) is 11.7. The Kier molecular flexibility index (Phi) is 4.91. The monoisotopic (exact) mass is 278 g/mol. The van der Waals surface area contributed by atoms with Crippen molar-refractivity contribution in [3.8, 4) is 0 Å². The summed E-state index contributed by atoms with van der Waals surface area (Å²) in [5, 5.41) is 0. The summed E-state index contributed by atoms with van der Waals surface area (Å²) in [5.74, 6) is -3.01. The van der Waals surface area contributed by atoms with Crippen LogP contribution in [0.3, 0.4) is 0 Å². The van der Waals surface area contributed by atoms with E-state index < -0.39 is 36.4 Å². The van der Waals surface area contributed by atoms with Gasteiger partial charge in [-0.1, -0.05) is 12.1 Å². The van der Waals surface area contributed by atoms with Gasteiger partial charge in [0, 0.05) is 0 Å². The smallest absolute Gasteiger partial charge is 0.390 e. The van der Waals surface area contributed by atoms with Crippen LogP contribution in [0.15, 0.2) is 24.3 Å². The molecule has 0 aliphatic rings. The molecule has 0 N–H and O–H groups in total. The van der Waals surface area contributed by atoms with E-state index >= 15 is 0 Å². The SMILES string of the molecule is CC(C)OC(=O)C(CC(F)(F)F)c1ccc(F)cc1. The van der Waals surface area contributed by atoms with Gasteiger partial charge in [-0.05, 0) is 31.5 Å². The Morgan fingerprint density at radius 1 is 1.21 bits per heavy atom. The predicted molar refractivity (Wildman–Crippen MR) is 61.0 cm³/mol. The van der Waals surface area contributed by atoms with Gasteiger partial charge in [0.15, 0.2) is 0 Å². The number of alkyl halides is 3. The van der Waals surface area contributed by atoms with Crippen LogP contribution in [-0.4, -0.2) is 18.2 Å². The lowest BCUT2D eigenvalue weighted by molar-refractivity contribution is -0.164. The van der Waals surface area contributed by atoms with Gasteiger partial charge in [-0.15, -0.1) is 0 Å². The van der Waals surface area contributed by atoms with E-state index in [2.05, 4.69) is 0 Å². The highest BCUT2D eigenvalue weighted by Gasteiger charge is 2.37. The maximum Gasteiger partial charge on any atom is 0.390 e. The molecule has 0 amide bonds. The molecule has 1 rings (SSSR count). The molecule has 2 nitrogen and oxygen atoms in total. The summed E-state index contributed by atoms with van der Waals surface area (Å²) in [5.41, 5.74) is 0.0874. The normalized spacial score (nSPS) is 13.4. The quantitative estimate of drug-likeness (QED) is 0.618. The Labute approximate surface area is 108 Å². The molecule has 1 aromatic rings. The lowest BCUT2D eigenvalue weighted by atomic mass is 9.95. The summed E-state index contributed by atoms with van der Waals surface area (Å²) in [7, 11) is 0. The molecule has 6 heteroatoms. The molecule has 0 aliphatic carbocycles. The van der Waals surface area contributed by atoms with Crippen molar-refractivity contribution in [2.75, 3.05) is 0 Å². The van der Waals surface area contributed by atoms with E-state index in [1.807, 2.05) is 0 Å². The van der Waals surface area contributed by atoms with Crippen molar-refractivity contribution in [1.82, 2.24) is 0 Å². The van der Waals surface area contributed by atoms with Crippen LogP contribution in [0.5, 0.6) is 0 Å². The summed E-state index contributed by atoms with van der Waals surface area (Å²) in [6.45, 7) is 3.10. The van der Waals surface area contributed by atoms with Crippen molar-refractivity contribution in [1.29, 1.82) is 0 Å². The zero-order valence-corrected chi connectivity index (χ0v) is 10.5. The third-order valence-electron chi connectivity index (χ3n) is 2.34. The molecule has 1 aromatic carbocycles. The first-order valence-electron chi connectivity index (χ1n) is 5.72. The second kappa shape index (κ2) is 6.04. The van der Waals surface area contributed by atoms with Crippen LogP contribution >= 0.6 is 0 Å². The number of hydrogen-bond acceptors (Lipinski definition) is 2. The Morgan fingerprint density at radius 2 is 1.74 bits per heavy atom. The van der Waals surface area contributed by atoms with Crippen molar-refractivity contribution in [2.24, 2.45) is 0 Å². The van der Waals surface area contributed by atoms with E-state index in [1.165, 1.54) is 0 Å². The van der Waals surface area contributed by atoms with Gasteiger partial charge in [-0.25, -0.2) is 4.39 Å². The first kappa shape index (κ1) is 15.5. The van der Waals surface area contributed by atoms with Crippen LogP contribution in [0.2, 0.25) is 0 Å². The van der Waals surface area contributed by atoms with Crippen molar-refractivity contribution in [3.63, 3.8) is 0 Å². The highest BCUT2D eigenvalue weighted by atomic mass is 19.4. The number of hydrogen-bond donors (Lipinski definition) is 0. The number of rotatable bonds is 4. The van der Waals surface area contributed by atoms with E-state index in [-0.39, 0.29) is 5.56 Å². The molecule has 106 valence electrons. The third kappa shape index (κ3) is 5.28. The standard InChI is InChI=1S/C13H14F4O2/c1-8(2)19-12(18)11(7-13(15,16)17)9-3-5-10(14)6-4-9/h3-6,8,11H,7H2,1-2H3. The zero-order valence-electron chi connectivity index (χ0n) is 10.5. The topological polar surface area (TPSA) is 26.3 Å². The summed E-state index contributed by atoms with van der Waals surface area (Å²) in [6.07, 6.45) is -6.34. The molecule has 0 radical (unpaired) electrons. The van der Waals surface area contributed by atoms with E-state index in [0.717, 1.165) is 24.3 Å². The Bertz CT molecular complexity index is 423. The number of carbonyl (C=O) groups is 1. The number of esters is 1. The van der Waals surface area contributed by atoms with Crippen molar-refractivity contribution >= 4 is 5.97 Å². The van der Waals surface area contributed by atoms with Gasteiger partial charge in [0.1, 0.15) is 5.82 Å². The molecule has 0 aromatic heterocycles. The average Bonchev–Trinajstić information content (AvgIpc) is 2.25. The van der Waals surface area contributed by atoms with Gasteiger partial charge >= 0.3 is 12.1 Å². The van der Waals surface area contributed by atoms with Crippen molar-refractivity contribution < 1.29 is 27.1 Å². The lowest BCUT2D eigenvalue weighted by Crippen LogP contribution is -2.24. The summed E-state index contributed by atoms with van der Waals surface area (Å²) >= 11 is 0. The lowest BCUT2D eigenvalue weighted by Gasteiger charge is -2.19. The van der Waals surface area contributed by atoms with Gasteiger partial charge in [-0.2, -0.15) is 13.2 Å². The van der Waals surface area contributed by atoms with E-state index in [9.17, 15) is 22.4 Å². The predicted octanol–water partition coefficient (Wildman–Crippen LogP) is 3.81. The van der Waals surface area contributed by atoms with Crippen LogP contribution in [0.1, 0.15) is 31.7 Å². The summed E-state index contributed by atoms with van der Waals surface area (Å²) in [6, 6.07) is 4.35. The van der Waals surface area contributed by atoms with Crippen LogP contribution in [0.25, 0.3) is 0 Å². The number of benzene rings is 1. The van der Waals surface area contributed by atoms with Crippen molar-refractivity contribution in [3.05, 3.63) is 35.6 Å². The first-order chi connectivity index (χ1) is 8.69. The highest BCUT2D eigenvalue weighted by molar-refractivity contribution is 5.78. The van der Waals surface area contributed by atoms with Gasteiger partial charge in [-0.3, -0.25) is 4.79 Å². The van der Waals surface area contributed by atoms with Crippen molar-refractivity contribution in [2.45, 2.75) is 38.5 Å². The van der Waals surface area contributed by atoms with Crippen LogP contribution < -0.4 is 0 Å². The fourth-order valence-electron chi connectivity index (χ4n) is 1.58. The van der Waals surface area contributed by atoms with E-state index in [0.29, 0.717) is 0 Å². The Balaban J connectivity index is 2.98. The molecule has 0 spiro atoms. The molecule has 0 aliphatic heterocycles. The largest absolute Gasteiger partial charge is 0.463 e. The van der Waals surface area contributed by atoms with Crippen LogP contribution in [0, 0.1) is 5.82 Å². The van der Waals surface area contributed by atoms with Gasteiger partial charge in [0.2, 0.25) is 0 Å². The maximum atomic E-state index is 12.8. The second-order valence-corrected chi connectivity index (χ2v) is 4.41. The molecule has 1 unspecified atom stereocenters. The molecular weight excluding hydrogens is 264 g/mol. The molecule has 0 bridgehead atoms. The molecule has 0 heterocycles. The third-order valence-corrected chi connectivity index (χ3v) is 2.34. The molecule has 0 saturated carbocycles. The van der Waals surface area contributed by atoms with Gasteiger partial charge < -0.3 is 4.74 Å². The first-order valence-corrected chi connectivity index (χ1v) is 5.72. The fraction of sp³-hybridized carbons (Fsp3) is 0.462. The zero-order chi connectivity index (χ0) is 14.6. The Hall–Kier alpha value is -1.59. The Morgan fingerprint density at radius 3 is 2.16 bits per heavy atom. The number of halogens is 4. The van der Waals surface area contributed by atoms with Gasteiger partial charge in [0.25, 0.3) is 0 Å². The minimum absolute atomic E-state index is 0.0874. The average molecular weight is 278 g/mol. The number of ether oxygens (including phenoxy) is 1. The fourth-order valence-corrected chi connectivity index (χ4v) is 1.58. The summed E-state index contributed by atoms with van der Waals surface area (Å²) < 4.78 is 55.0. The maximum absolute atomic E-state index is 12.8. The number of carbonyl (C=O) groups excluding carboxylic acids is 1. The van der Waals surface area contributed by atoms with E-state index in [1.54, 1.807) is 13.8 Å². The minimum Gasteiger partial charge on any atom is -0.463 e. The highest BCUT2D eigenvalue weighted by Crippen LogP contribution is 2.32. The van der Waals surface area contributed by atoms with Gasteiger partial charge in [0.05, 0.1) is 18.4 Å². The molecule has 0 fully saturated rings. The van der Waals surface area contributed by atoms with Crippen LogP contribution in [0.4, 0.5) is 17.6 Å². The minimum atomic E-state index is -4.50. The van der Waals surface area contributed by atoms with Crippen LogP contribution in [-0.2, 0) is 9.53 Å².